The molecule has 2 aromatic carbocycles. The van der Waals surface area contributed by atoms with Crippen LogP contribution in [0.25, 0.3) is 0 Å². The molecule has 1 unspecified atom stereocenters. The van der Waals surface area contributed by atoms with E-state index >= 15 is 0 Å². The van der Waals surface area contributed by atoms with Crippen molar-refractivity contribution in [1.82, 2.24) is 0 Å². The zero-order valence-electron chi connectivity index (χ0n) is 11.5. The maximum atomic E-state index is 13.5. The van der Waals surface area contributed by atoms with Crippen LogP contribution in [0, 0.1) is 12.7 Å². The van der Waals surface area contributed by atoms with Gasteiger partial charge in [-0.1, -0.05) is 43.3 Å². The van der Waals surface area contributed by atoms with Gasteiger partial charge in [0.1, 0.15) is 5.82 Å². The van der Waals surface area contributed by atoms with Crippen LogP contribution in [0.1, 0.15) is 24.5 Å². The zero-order valence-corrected chi connectivity index (χ0v) is 11.5. The fourth-order valence-corrected chi connectivity index (χ4v) is 2.18. The Labute approximate surface area is 114 Å². The van der Waals surface area contributed by atoms with Crippen molar-refractivity contribution in [3.8, 4) is 0 Å². The van der Waals surface area contributed by atoms with E-state index in [1.807, 2.05) is 19.1 Å². The minimum absolute atomic E-state index is 0.153. The predicted octanol–water partition coefficient (Wildman–Crippen LogP) is 4.57. The van der Waals surface area contributed by atoms with E-state index in [9.17, 15) is 4.39 Å². The summed E-state index contributed by atoms with van der Waals surface area (Å²) in [7, 11) is 0. The van der Waals surface area contributed by atoms with Crippen molar-refractivity contribution in [3.63, 3.8) is 0 Å². The highest BCUT2D eigenvalue weighted by Crippen LogP contribution is 2.20. The van der Waals surface area contributed by atoms with Gasteiger partial charge in [0.25, 0.3) is 0 Å². The first kappa shape index (κ1) is 13.6. The fourth-order valence-electron chi connectivity index (χ4n) is 2.18. The topological polar surface area (TPSA) is 12.0 Å². The van der Waals surface area contributed by atoms with Gasteiger partial charge in [0.15, 0.2) is 0 Å². The molecule has 1 nitrogen and oxygen atoms in total. The number of halogens is 1. The molecule has 0 heterocycles. The van der Waals surface area contributed by atoms with Crippen molar-refractivity contribution in [2.45, 2.75) is 32.7 Å². The minimum Gasteiger partial charge on any atom is -0.382 e. The summed E-state index contributed by atoms with van der Waals surface area (Å²) in [4.78, 5) is 0. The Morgan fingerprint density at radius 3 is 2.47 bits per heavy atom. The highest BCUT2D eigenvalue weighted by Gasteiger charge is 2.10. The highest BCUT2D eigenvalue weighted by atomic mass is 19.1. The van der Waals surface area contributed by atoms with Crippen LogP contribution in [-0.4, -0.2) is 6.04 Å². The number of nitrogens with one attached hydrogen (secondary N) is 1. The number of hydrogen-bond acceptors (Lipinski definition) is 1. The third-order valence-corrected chi connectivity index (χ3v) is 3.45. The van der Waals surface area contributed by atoms with Crippen LogP contribution in [-0.2, 0) is 6.42 Å². The summed E-state index contributed by atoms with van der Waals surface area (Å²) in [5, 5.41) is 3.45. The standard InChI is InChI=1S/C17H20FN/c1-3-15(12-14-8-5-4-6-9-14)19-17-11-7-10-16(18)13(17)2/h4-11,15,19H,3,12H2,1-2H3. The van der Waals surface area contributed by atoms with Crippen molar-refractivity contribution in [2.75, 3.05) is 5.32 Å². The SMILES string of the molecule is CCC(Cc1ccccc1)Nc1cccc(F)c1C. The molecule has 2 rings (SSSR count). The van der Waals surface area contributed by atoms with E-state index in [2.05, 4.69) is 36.5 Å². The molecular formula is C17H20FN. The molecule has 0 saturated carbocycles. The van der Waals surface area contributed by atoms with Crippen LogP contribution in [0.5, 0.6) is 0 Å². The van der Waals surface area contributed by atoms with E-state index in [4.69, 9.17) is 0 Å². The van der Waals surface area contributed by atoms with Crippen LogP contribution in [0.3, 0.4) is 0 Å². The first-order valence-electron chi connectivity index (χ1n) is 6.76. The molecule has 0 aromatic heterocycles. The van der Waals surface area contributed by atoms with Crippen LogP contribution >= 0.6 is 0 Å². The summed E-state index contributed by atoms with van der Waals surface area (Å²) >= 11 is 0. The van der Waals surface area contributed by atoms with Crippen molar-refractivity contribution in [2.24, 2.45) is 0 Å². The lowest BCUT2D eigenvalue weighted by Gasteiger charge is -2.20. The minimum atomic E-state index is -0.153. The molecule has 0 spiro atoms. The van der Waals surface area contributed by atoms with Gasteiger partial charge in [0, 0.05) is 17.3 Å². The molecule has 0 aliphatic rings. The van der Waals surface area contributed by atoms with Crippen molar-refractivity contribution in [3.05, 3.63) is 65.5 Å². The second-order valence-corrected chi connectivity index (χ2v) is 4.85. The van der Waals surface area contributed by atoms with Crippen LogP contribution in [0.2, 0.25) is 0 Å². The summed E-state index contributed by atoms with van der Waals surface area (Å²) in [6, 6.07) is 15.9. The highest BCUT2D eigenvalue weighted by molar-refractivity contribution is 5.51. The van der Waals surface area contributed by atoms with Crippen LogP contribution in [0.15, 0.2) is 48.5 Å². The molecule has 2 heteroatoms. The number of anilines is 1. The largest absolute Gasteiger partial charge is 0.382 e. The average molecular weight is 257 g/mol. The Bertz CT molecular complexity index is 522. The van der Waals surface area contributed by atoms with Gasteiger partial charge < -0.3 is 5.32 Å². The lowest BCUT2D eigenvalue weighted by Crippen LogP contribution is -2.22. The molecule has 0 amide bonds. The molecule has 2 aromatic rings. The molecule has 0 aliphatic heterocycles. The van der Waals surface area contributed by atoms with Gasteiger partial charge in [-0.25, -0.2) is 4.39 Å². The molecule has 0 aliphatic carbocycles. The molecule has 1 N–H and O–H groups in total. The second-order valence-electron chi connectivity index (χ2n) is 4.85. The predicted molar refractivity (Wildman–Crippen MR) is 79.0 cm³/mol. The average Bonchev–Trinajstić information content (AvgIpc) is 2.44. The normalized spacial score (nSPS) is 12.2. The molecule has 0 saturated heterocycles. The van der Waals surface area contributed by atoms with Gasteiger partial charge in [0.05, 0.1) is 0 Å². The van der Waals surface area contributed by atoms with Gasteiger partial charge in [-0.3, -0.25) is 0 Å². The van der Waals surface area contributed by atoms with Crippen LogP contribution < -0.4 is 5.32 Å². The molecule has 0 radical (unpaired) electrons. The quantitative estimate of drug-likeness (QED) is 0.827. The summed E-state index contributed by atoms with van der Waals surface area (Å²) < 4.78 is 13.5. The van der Waals surface area contributed by atoms with Crippen molar-refractivity contribution < 1.29 is 4.39 Å². The lowest BCUT2D eigenvalue weighted by molar-refractivity contribution is 0.617. The second kappa shape index (κ2) is 6.37. The van der Waals surface area contributed by atoms with Gasteiger partial charge in [-0.05, 0) is 37.5 Å². The molecular weight excluding hydrogens is 237 g/mol. The van der Waals surface area contributed by atoms with E-state index in [0.717, 1.165) is 18.5 Å². The number of benzene rings is 2. The molecule has 100 valence electrons. The van der Waals surface area contributed by atoms with E-state index < -0.39 is 0 Å². The Morgan fingerprint density at radius 2 is 1.79 bits per heavy atom. The van der Waals surface area contributed by atoms with E-state index in [1.165, 1.54) is 11.6 Å². The molecule has 19 heavy (non-hydrogen) atoms. The van der Waals surface area contributed by atoms with Gasteiger partial charge in [0.2, 0.25) is 0 Å². The molecule has 0 fully saturated rings. The van der Waals surface area contributed by atoms with E-state index in [-0.39, 0.29) is 5.82 Å². The van der Waals surface area contributed by atoms with Crippen molar-refractivity contribution in [1.29, 1.82) is 0 Å². The maximum absolute atomic E-state index is 13.5. The summed E-state index contributed by atoms with van der Waals surface area (Å²) in [6.45, 7) is 3.96. The van der Waals surface area contributed by atoms with Gasteiger partial charge >= 0.3 is 0 Å². The summed E-state index contributed by atoms with van der Waals surface area (Å²) in [5.74, 6) is -0.153. The van der Waals surface area contributed by atoms with E-state index in [1.54, 1.807) is 6.07 Å². The number of hydrogen-bond donors (Lipinski definition) is 1. The van der Waals surface area contributed by atoms with Crippen molar-refractivity contribution >= 4 is 5.69 Å². The summed E-state index contributed by atoms with van der Waals surface area (Å²) in [6.07, 6.45) is 1.96. The number of rotatable bonds is 5. The molecule has 0 bridgehead atoms. The fraction of sp³-hybridized carbons (Fsp3) is 0.294. The van der Waals surface area contributed by atoms with E-state index in [0.29, 0.717) is 11.6 Å². The smallest absolute Gasteiger partial charge is 0.128 e. The third kappa shape index (κ3) is 3.57. The third-order valence-electron chi connectivity index (χ3n) is 3.45. The zero-order chi connectivity index (χ0) is 13.7. The van der Waals surface area contributed by atoms with Gasteiger partial charge in [-0.2, -0.15) is 0 Å². The lowest BCUT2D eigenvalue weighted by atomic mass is 10.0. The monoisotopic (exact) mass is 257 g/mol. The first-order chi connectivity index (χ1) is 9.20. The molecule has 1 atom stereocenters. The first-order valence-corrected chi connectivity index (χ1v) is 6.76. The Morgan fingerprint density at radius 1 is 1.05 bits per heavy atom. The van der Waals surface area contributed by atoms with Crippen LogP contribution in [0.4, 0.5) is 10.1 Å². The van der Waals surface area contributed by atoms with Gasteiger partial charge in [-0.15, -0.1) is 0 Å². The Hall–Kier alpha value is -1.83. The maximum Gasteiger partial charge on any atom is 0.128 e. The Balaban J connectivity index is 2.09. The Kier molecular flexibility index (Phi) is 4.56. The summed E-state index contributed by atoms with van der Waals surface area (Å²) in [5.41, 5.74) is 2.88.